The van der Waals surface area contributed by atoms with Gasteiger partial charge in [0.15, 0.2) is 0 Å². The van der Waals surface area contributed by atoms with Gasteiger partial charge in [-0.1, -0.05) is 47.2 Å². The van der Waals surface area contributed by atoms with Crippen LogP contribution in [-0.2, 0) is 10.0 Å². The van der Waals surface area contributed by atoms with Gasteiger partial charge in [0.1, 0.15) is 5.01 Å². The lowest BCUT2D eigenvalue weighted by molar-refractivity contribution is 0.102. The summed E-state index contributed by atoms with van der Waals surface area (Å²) in [7, 11) is -3.44. The molecule has 0 spiro atoms. The number of hydrogen-bond donors (Lipinski definition) is 1. The average molecular weight is 429 g/mol. The van der Waals surface area contributed by atoms with Crippen molar-refractivity contribution in [1.82, 2.24) is 10.2 Å². The zero-order valence-corrected chi connectivity index (χ0v) is 17.6. The minimum Gasteiger partial charge on any atom is -0.296 e. The number of carbonyl (C=O) groups excluding carboxylic acids is 1. The van der Waals surface area contributed by atoms with Crippen LogP contribution >= 0.6 is 11.3 Å². The fraction of sp³-hybridized carbons (Fsp3) is 0.150. The van der Waals surface area contributed by atoms with Gasteiger partial charge < -0.3 is 0 Å². The average Bonchev–Trinajstić information content (AvgIpc) is 3.14. The summed E-state index contributed by atoms with van der Waals surface area (Å²) in [6.45, 7) is 5.74. The van der Waals surface area contributed by atoms with E-state index in [-0.39, 0.29) is 12.5 Å². The normalized spacial score (nSPS) is 11.1. The van der Waals surface area contributed by atoms with E-state index in [2.05, 4.69) is 22.1 Å². The quantitative estimate of drug-likeness (QED) is 0.579. The van der Waals surface area contributed by atoms with Crippen molar-refractivity contribution >= 4 is 38.1 Å². The van der Waals surface area contributed by atoms with E-state index in [0.29, 0.717) is 21.4 Å². The third kappa shape index (κ3) is 5.07. The van der Waals surface area contributed by atoms with Crippen molar-refractivity contribution in [2.24, 2.45) is 0 Å². The standard InChI is InChI=1S/C20H20N4O3S2/c1-4-13-24(29(3,26)27)17-11-9-15(10-12-17)18(25)21-20-23-22-19(28-20)16-7-5-14(2)6-8-16/h4-12H,1,13H2,2-3H3,(H,21,23,25). The van der Waals surface area contributed by atoms with Crippen molar-refractivity contribution in [3.05, 3.63) is 72.3 Å². The molecule has 0 aliphatic rings. The van der Waals surface area contributed by atoms with Crippen molar-refractivity contribution in [1.29, 1.82) is 0 Å². The molecule has 7 nitrogen and oxygen atoms in total. The molecule has 1 N–H and O–H groups in total. The second-order valence-electron chi connectivity index (χ2n) is 6.36. The predicted molar refractivity (Wildman–Crippen MR) is 117 cm³/mol. The predicted octanol–water partition coefficient (Wildman–Crippen LogP) is 3.72. The van der Waals surface area contributed by atoms with Gasteiger partial charge in [-0.3, -0.25) is 14.4 Å². The van der Waals surface area contributed by atoms with Gasteiger partial charge in [-0.25, -0.2) is 8.42 Å². The van der Waals surface area contributed by atoms with Crippen LogP contribution in [0, 0.1) is 6.92 Å². The number of sulfonamides is 1. The Kier molecular flexibility index (Phi) is 6.09. The first-order valence-corrected chi connectivity index (χ1v) is 11.3. The molecule has 29 heavy (non-hydrogen) atoms. The molecule has 0 fully saturated rings. The number of anilines is 2. The van der Waals surface area contributed by atoms with E-state index in [4.69, 9.17) is 0 Å². The maximum absolute atomic E-state index is 12.5. The molecule has 9 heteroatoms. The number of hydrogen-bond acceptors (Lipinski definition) is 6. The highest BCUT2D eigenvalue weighted by Crippen LogP contribution is 2.27. The van der Waals surface area contributed by atoms with E-state index in [1.54, 1.807) is 24.3 Å². The van der Waals surface area contributed by atoms with Crippen LogP contribution in [0.4, 0.5) is 10.8 Å². The Morgan fingerprint density at radius 2 is 1.79 bits per heavy atom. The lowest BCUT2D eigenvalue weighted by Gasteiger charge is -2.20. The zero-order valence-electron chi connectivity index (χ0n) is 16.0. The smallest absolute Gasteiger partial charge is 0.257 e. The molecule has 150 valence electrons. The van der Waals surface area contributed by atoms with Gasteiger partial charge in [0.05, 0.1) is 18.5 Å². The maximum atomic E-state index is 12.5. The number of benzene rings is 2. The summed E-state index contributed by atoms with van der Waals surface area (Å²) in [5.74, 6) is -0.349. The van der Waals surface area contributed by atoms with Gasteiger partial charge in [0, 0.05) is 11.1 Å². The Hall–Kier alpha value is -3.04. The number of carbonyl (C=O) groups is 1. The maximum Gasteiger partial charge on any atom is 0.257 e. The lowest BCUT2D eigenvalue weighted by Crippen LogP contribution is -2.29. The summed E-state index contributed by atoms with van der Waals surface area (Å²) in [5, 5.41) is 12.0. The molecule has 3 aromatic rings. The van der Waals surface area contributed by atoms with Gasteiger partial charge in [0.2, 0.25) is 15.2 Å². The largest absolute Gasteiger partial charge is 0.296 e. The highest BCUT2D eigenvalue weighted by atomic mass is 32.2. The first-order valence-electron chi connectivity index (χ1n) is 8.68. The number of rotatable bonds is 7. The van der Waals surface area contributed by atoms with Crippen molar-refractivity contribution in [3.63, 3.8) is 0 Å². The number of aryl methyl sites for hydroxylation is 1. The molecule has 1 amide bonds. The summed E-state index contributed by atoms with van der Waals surface area (Å²) >= 11 is 1.28. The fourth-order valence-corrected chi connectivity index (χ4v) is 4.21. The molecular formula is C20H20N4O3S2. The molecular weight excluding hydrogens is 408 g/mol. The van der Waals surface area contributed by atoms with E-state index < -0.39 is 10.0 Å². The number of nitrogens with one attached hydrogen (secondary N) is 1. The van der Waals surface area contributed by atoms with Gasteiger partial charge in [-0.15, -0.1) is 16.8 Å². The van der Waals surface area contributed by atoms with Crippen LogP contribution in [0.25, 0.3) is 10.6 Å². The van der Waals surface area contributed by atoms with Crippen LogP contribution in [0.2, 0.25) is 0 Å². The highest BCUT2D eigenvalue weighted by Gasteiger charge is 2.17. The van der Waals surface area contributed by atoms with E-state index in [0.717, 1.165) is 17.4 Å². The Morgan fingerprint density at radius 1 is 1.14 bits per heavy atom. The van der Waals surface area contributed by atoms with Crippen LogP contribution in [0.3, 0.4) is 0 Å². The molecule has 1 aromatic heterocycles. The van der Waals surface area contributed by atoms with E-state index in [1.807, 2.05) is 31.2 Å². The fourth-order valence-electron chi connectivity index (χ4n) is 2.58. The van der Waals surface area contributed by atoms with Crippen LogP contribution in [-0.4, -0.2) is 37.3 Å². The molecule has 0 atom stereocenters. The molecule has 0 aliphatic heterocycles. The molecule has 3 rings (SSSR count). The monoisotopic (exact) mass is 428 g/mol. The molecule has 0 radical (unpaired) electrons. The van der Waals surface area contributed by atoms with E-state index >= 15 is 0 Å². The molecule has 1 heterocycles. The highest BCUT2D eigenvalue weighted by molar-refractivity contribution is 7.92. The SMILES string of the molecule is C=CCN(c1ccc(C(=O)Nc2nnc(-c3ccc(C)cc3)s2)cc1)S(C)(=O)=O. The van der Waals surface area contributed by atoms with Gasteiger partial charge >= 0.3 is 0 Å². The van der Waals surface area contributed by atoms with Crippen LogP contribution in [0.1, 0.15) is 15.9 Å². The van der Waals surface area contributed by atoms with E-state index in [9.17, 15) is 13.2 Å². The van der Waals surface area contributed by atoms with Crippen LogP contribution < -0.4 is 9.62 Å². The third-order valence-electron chi connectivity index (χ3n) is 4.06. The second-order valence-corrected chi connectivity index (χ2v) is 9.25. The first kappa shape index (κ1) is 20.7. The van der Waals surface area contributed by atoms with E-state index in [1.165, 1.54) is 21.7 Å². The summed E-state index contributed by atoms with van der Waals surface area (Å²) in [5.41, 5.74) is 2.92. The Labute approximate surface area is 173 Å². The molecule has 2 aromatic carbocycles. The second kappa shape index (κ2) is 8.54. The van der Waals surface area contributed by atoms with Crippen molar-refractivity contribution in [3.8, 4) is 10.6 Å². The van der Waals surface area contributed by atoms with Crippen molar-refractivity contribution < 1.29 is 13.2 Å². The summed E-state index contributed by atoms with van der Waals surface area (Å²) in [6, 6.07) is 14.2. The summed E-state index contributed by atoms with van der Waals surface area (Å²) < 4.78 is 25.0. The Bertz CT molecular complexity index is 1120. The zero-order chi connectivity index (χ0) is 21.0. The van der Waals surface area contributed by atoms with Gasteiger partial charge in [-0.2, -0.15) is 0 Å². The van der Waals surface area contributed by atoms with Gasteiger partial charge in [-0.05, 0) is 31.2 Å². The molecule has 0 saturated heterocycles. The third-order valence-corrected chi connectivity index (χ3v) is 6.11. The van der Waals surface area contributed by atoms with Crippen molar-refractivity contribution in [2.75, 3.05) is 22.4 Å². The minimum atomic E-state index is -3.44. The molecule has 0 unspecified atom stereocenters. The lowest BCUT2D eigenvalue weighted by atomic mass is 10.2. The molecule has 0 saturated carbocycles. The number of nitrogens with zero attached hydrogens (tertiary/aromatic N) is 3. The number of aromatic nitrogens is 2. The molecule has 0 aliphatic carbocycles. The van der Waals surface area contributed by atoms with Gasteiger partial charge in [0.25, 0.3) is 5.91 Å². The summed E-state index contributed by atoms with van der Waals surface area (Å²) in [6.07, 6.45) is 2.63. The minimum absolute atomic E-state index is 0.150. The molecule has 0 bridgehead atoms. The van der Waals surface area contributed by atoms with Crippen LogP contribution in [0.15, 0.2) is 61.2 Å². The van der Waals surface area contributed by atoms with Crippen molar-refractivity contribution in [2.45, 2.75) is 6.92 Å². The Balaban J connectivity index is 1.73. The Morgan fingerprint density at radius 3 is 2.38 bits per heavy atom. The number of amides is 1. The topological polar surface area (TPSA) is 92.3 Å². The first-order chi connectivity index (χ1) is 13.8. The van der Waals surface area contributed by atoms with Crippen LogP contribution in [0.5, 0.6) is 0 Å². The summed E-state index contributed by atoms with van der Waals surface area (Å²) in [4.78, 5) is 12.5.